The Bertz CT molecular complexity index is 323. The van der Waals surface area contributed by atoms with Crippen LogP contribution in [0.1, 0.15) is 12.0 Å². The normalized spacial score (nSPS) is 14.6. The highest BCUT2D eigenvalue weighted by atomic mass is 35.5. The molecule has 1 aromatic rings. The molecule has 0 aliphatic heterocycles. The van der Waals surface area contributed by atoms with Crippen LogP contribution in [-0.2, 0) is 22.6 Å². The van der Waals surface area contributed by atoms with Crippen LogP contribution in [0, 0.1) is 0 Å². The number of benzene rings is 1. The van der Waals surface area contributed by atoms with Gasteiger partial charge in [-0.1, -0.05) is 41.9 Å². The van der Waals surface area contributed by atoms with E-state index in [0.29, 0.717) is 19.6 Å². The van der Waals surface area contributed by atoms with Gasteiger partial charge in [-0.05, 0) is 5.56 Å². The van der Waals surface area contributed by atoms with Crippen LogP contribution in [0.3, 0.4) is 0 Å². The van der Waals surface area contributed by atoms with Crippen LogP contribution in [0.4, 0.5) is 0 Å². The van der Waals surface area contributed by atoms with Gasteiger partial charge in [0.05, 0.1) is 6.61 Å². The smallest absolute Gasteiger partial charge is 0.231 e. The molecule has 0 radical (unpaired) electrons. The molecule has 0 saturated heterocycles. The number of alkyl halides is 1. The van der Waals surface area contributed by atoms with Crippen LogP contribution >= 0.6 is 11.6 Å². The molecular formula is C10H14ClNO3S. The topological polar surface area (TPSA) is 58.6 Å². The molecule has 0 aromatic heterocycles. The molecular weight excluding hydrogens is 250 g/mol. The standard InChI is InChI=1S/C10H14ClNO3S/c11-10(6-7-12-16(13)14)15-8-9-4-2-1-3-5-9/h1-5,10,12H,6-8H2,(H,13,14). The Labute approximate surface area is 102 Å². The molecule has 1 rings (SSSR count). The lowest BCUT2D eigenvalue weighted by atomic mass is 10.2. The second-order valence-electron chi connectivity index (χ2n) is 3.14. The summed E-state index contributed by atoms with van der Waals surface area (Å²) in [6.45, 7) is 0.781. The zero-order chi connectivity index (χ0) is 11.8. The molecule has 4 nitrogen and oxygen atoms in total. The number of hydrogen-bond acceptors (Lipinski definition) is 2. The molecule has 0 saturated carbocycles. The second kappa shape index (κ2) is 7.76. The number of nitrogens with one attached hydrogen (secondary N) is 1. The third-order valence-electron chi connectivity index (χ3n) is 1.87. The predicted octanol–water partition coefficient (Wildman–Crippen LogP) is 1.88. The Kier molecular flexibility index (Phi) is 6.59. The van der Waals surface area contributed by atoms with Crippen LogP contribution < -0.4 is 4.72 Å². The van der Waals surface area contributed by atoms with Crippen LogP contribution in [-0.4, -0.2) is 20.9 Å². The zero-order valence-corrected chi connectivity index (χ0v) is 10.2. The minimum atomic E-state index is -1.99. The average molecular weight is 264 g/mol. The Balaban J connectivity index is 2.15. The first-order chi connectivity index (χ1) is 7.68. The van der Waals surface area contributed by atoms with Crippen LogP contribution in [0.2, 0.25) is 0 Å². The van der Waals surface area contributed by atoms with Gasteiger partial charge >= 0.3 is 0 Å². The Morgan fingerprint density at radius 1 is 1.44 bits per heavy atom. The van der Waals surface area contributed by atoms with Gasteiger partial charge < -0.3 is 4.74 Å². The lowest BCUT2D eigenvalue weighted by Crippen LogP contribution is -2.21. The predicted molar refractivity (Wildman–Crippen MR) is 64.3 cm³/mol. The van der Waals surface area contributed by atoms with Crippen molar-refractivity contribution >= 4 is 22.9 Å². The first-order valence-corrected chi connectivity index (χ1v) is 6.37. The fourth-order valence-electron chi connectivity index (χ4n) is 1.10. The first-order valence-electron chi connectivity index (χ1n) is 4.82. The molecule has 0 amide bonds. The van der Waals surface area contributed by atoms with Crippen LogP contribution in [0.15, 0.2) is 30.3 Å². The lowest BCUT2D eigenvalue weighted by molar-refractivity contribution is 0.0896. The molecule has 90 valence electrons. The number of rotatable bonds is 7. The number of hydrogen-bond donors (Lipinski definition) is 2. The summed E-state index contributed by atoms with van der Waals surface area (Å²) in [7, 11) is 0. The Morgan fingerprint density at radius 2 is 2.12 bits per heavy atom. The van der Waals surface area contributed by atoms with Gasteiger partial charge in [0.25, 0.3) is 0 Å². The Hall–Kier alpha value is -0.460. The molecule has 0 aliphatic rings. The molecule has 16 heavy (non-hydrogen) atoms. The summed E-state index contributed by atoms with van der Waals surface area (Å²) in [6.07, 6.45) is 0.473. The van der Waals surface area contributed by atoms with Crippen LogP contribution in [0.25, 0.3) is 0 Å². The summed E-state index contributed by atoms with van der Waals surface area (Å²) in [5.74, 6) is 0. The number of halogens is 1. The van der Waals surface area contributed by atoms with E-state index in [9.17, 15) is 4.21 Å². The molecule has 2 atom stereocenters. The second-order valence-corrected chi connectivity index (χ2v) is 4.41. The minimum Gasteiger partial charge on any atom is -0.358 e. The van der Waals surface area contributed by atoms with Gasteiger partial charge in [0.1, 0.15) is 5.56 Å². The van der Waals surface area contributed by atoms with Gasteiger partial charge in [-0.3, -0.25) is 4.55 Å². The van der Waals surface area contributed by atoms with Crippen molar-refractivity contribution in [1.29, 1.82) is 0 Å². The largest absolute Gasteiger partial charge is 0.358 e. The maximum atomic E-state index is 10.3. The lowest BCUT2D eigenvalue weighted by Gasteiger charge is -2.10. The van der Waals surface area contributed by atoms with Gasteiger partial charge in [0.15, 0.2) is 0 Å². The highest BCUT2D eigenvalue weighted by molar-refractivity contribution is 7.77. The maximum absolute atomic E-state index is 10.3. The monoisotopic (exact) mass is 263 g/mol. The van der Waals surface area contributed by atoms with Crippen molar-refractivity contribution in [2.75, 3.05) is 6.54 Å². The molecule has 2 N–H and O–H groups in total. The van der Waals surface area contributed by atoms with Gasteiger partial charge in [0.2, 0.25) is 11.3 Å². The summed E-state index contributed by atoms with van der Waals surface area (Å²) in [5, 5.41) is 0. The van der Waals surface area contributed by atoms with Gasteiger partial charge in [-0.25, -0.2) is 8.93 Å². The fourth-order valence-corrected chi connectivity index (χ4v) is 1.57. The van der Waals surface area contributed by atoms with E-state index in [1.165, 1.54) is 0 Å². The van der Waals surface area contributed by atoms with E-state index in [4.69, 9.17) is 20.9 Å². The van der Waals surface area contributed by atoms with Crippen LogP contribution in [0.5, 0.6) is 0 Å². The molecule has 1 aromatic carbocycles. The quantitative estimate of drug-likeness (QED) is 0.583. The van der Waals surface area contributed by atoms with E-state index in [1.807, 2.05) is 30.3 Å². The van der Waals surface area contributed by atoms with Crippen molar-refractivity contribution in [1.82, 2.24) is 4.72 Å². The third kappa shape index (κ3) is 6.19. The summed E-state index contributed by atoms with van der Waals surface area (Å²) < 4.78 is 26.4. The molecule has 2 unspecified atom stereocenters. The van der Waals surface area contributed by atoms with Gasteiger partial charge in [-0.2, -0.15) is 0 Å². The SMILES string of the molecule is O=S(O)NCCC(Cl)OCc1ccccc1. The molecule has 0 bridgehead atoms. The zero-order valence-electron chi connectivity index (χ0n) is 8.64. The highest BCUT2D eigenvalue weighted by Crippen LogP contribution is 2.08. The summed E-state index contributed by atoms with van der Waals surface area (Å²) in [5.41, 5.74) is 0.586. The van der Waals surface area contributed by atoms with Crippen molar-refractivity contribution in [3.63, 3.8) is 0 Å². The minimum absolute atomic E-state index is 0.339. The third-order valence-corrected chi connectivity index (χ3v) is 2.67. The van der Waals surface area contributed by atoms with E-state index in [2.05, 4.69) is 4.72 Å². The fraction of sp³-hybridized carbons (Fsp3) is 0.400. The average Bonchev–Trinajstić information content (AvgIpc) is 2.27. The van der Waals surface area contributed by atoms with E-state index in [0.717, 1.165) is 5.56 Å². The van der Waals surface area contributed by atoms with E-state index in [-0.39, 0.29) is 0 Å². The van der Waals surface area contributed by atoms with Crippen molar-refractivity contribution in [3.8, 4) is 0 Å². The van der Waals surface area contributed by atoms with Gasteiger partial charge in [-0.15, -0.1) is 0 Å². The van der Waals surface area contributed by atoms with E-state index in [1.54, 1.807) is 0 Å². The van der Waals surface area contributed by atoms with Crippen molar-refractivity contribution in [2.45, 2.75) is 18.6 Å². The van der Waals surface area contributed by atoms with Crippen molar-refractivity contribution in [2.24, 2.45) is 0 Å². The maximum Gasteiger partial charge on any atom is 0.231 e. The molecule has 0 aliphatic carbocycles. The molecule has 0 spiro atoms. The summed E-state index contributed by atoms with van der Waals surface area (Å²) >= 11 is 3.89. The summed E-state index contributed by atoms with van der Waals surface area (Å²) in [4.78, 5) is 0. The van der Waals surface area contributed by atoms with E-state index < -0.39 is 16.8 Å². The van der Waals surface area contributed by atoms with Crippen molar-refractivity contribution in [3.05, 3.63) is 35.9 Å². The van der Waals surface area contributed by atoms with Gasteiger partial charge in [0, 0.05) is 13.0 Å². The Morgan fingerprint density at radius 3 is 2.75 bits per heavy atom. The first kappa shape index (κ1) is 13.6. The molecule has 6 heteroatoms. The summed E-state index contributed by atoms with van der Waals surface area (Å²) in [6, 6.07) is 9.69. The van der Waals surface area contributed by atoms with Crippen molar-refractivity contribution < 1.29 is 13.5 Å². The van der Waals surface area contributed by atoms with E-state index >= 15 is 0 Å². The number of ether oxygens (including phenoxy) is 1. The molecule has 0 heterocycles. The molecule has 0 fully saturated rings. The highest BCUT2D eigenvalue weighted by Gasteiger charge is 2.05.